The molecule has 0 aromatic heterocycles. The Kier molecular flexibility index (Phi) is 6.37. The highest BCUT2D eigenvalue weighted by atomic mass is 79.9. The molecule has 5 nitrogen and oxygen atoms in total. The van der Waals surface area contributed by atoms with E-state index in [2.05, 4.69) is 26.6 Å². The SMILES string of the molecule is CC(C)NC(=O)c1ccccc1OCC(=O)Nc1ccc(Br)cc1. The van der Waals surface area contributed by atoms with E-state index in [-0.39, 0.29) is 24.5 Å². The molecule has 0 aliphatic heterocycles. The van der Waals surface area contributed by atoms with Gasteiger partial charge in [-0.05, 0) is 50.2 Å². The van der Waals surface area contributed by atoms with Crippen molar-refractivity contribution in [2.24, 2.45) is 0 Å². The summed E-state index contributed by atoms with van der Waals surface area (Å²) in [5.41, 5.74) is 1.08. The number of hydrogen-bond acceptors (Lipinski definition) is 3. The molecule has 0 spiro atoms. The molecule has 2 amide bonds. The average molecular weight is 391 g/mol. The van der Waals surface area contributed by atoms with E-state index >= 15 is 0 Å². The van der Waals surface area contributed by atoms with E-state index in [0.29, 0.717) is 17.0 Å². The largest absolute Gasteiger partial charge is 0.483 e. The predicted molar refractivity (Wildman–Crippen MR) is 97.3 cm³/mol. The minimum absolute atomic E-state index is 0.0197. The summed E-state index contributed by atoms with van der Waals surface area (Å²) in [7, 11) is 0. The van der Waals surface area contributed by atoms with Gasteiger partial charge in [-0.15, -0.1) is 0 Å². The van der Waals surface area contributed by atoms with Crippen LogP contribution in [0.5, 0.6) is 5.75 Å². The van der Waals surface area contributed by atoms with Crippen molar-refractivity contribution in [3.05, 3.63) is 58.6 Å². The Bertz CT molecular complexity index is 714. The lowest BCUT2D eigenvalue weighted by atomic mass is 10.2. The molecule has 2 aromatic rings. The van der Waals surface area contributed by atoms with Gasteiger partial charge in [0.1, 0.15) is 5.75 Å². The second-order valence-electron chi connectivity index (χ2n) is 5.47. The number of para-hydroxylation sites is 1. The molecule has 126 valence electrons. The number of carbonyl (C=O) groups is 2. The molecule has 0 aliphatic rings. The molecule has 0 fully saturated rings. The van der Waals surface area contributed by atoms with Gasteiger partial charge in [-0.1, -0.05) is 28.1 Å². The Hall–Kier alpha value is -2.34. The lowest BCUT2D eigenvalue weighted by Gasteiger charge is -2.13. The quantitative estimate of drug-likeness (QED) is 0.791. The molecule has 0 saturated carbocycles. The van der Waals surface area contributed by atoms with Crippen LogP contribution in [0.2, 0.25) is 0 Å². The summed E-state index contributed by atoms with van der Waals surface area (Å²) >= 11 is 3.34. The Morgan fingerprint density at radius 3 is 2.42 bits per heavy atom. The number of carbonyl (C=O) groups excluding carboxylic acids is 2. The summed E-state index contributed by atoms with van der Waals surface area (Å²) < 4.78 is 6.45. The van der Waals surface area contributed by atoms with E-state index in [9.17, 15) is 9.59 Å². The third-order valence-corrected chi connectivity index (χ3v) is 3.57. The summed E-state index contributed by atoms with van der Waals surface area (Å²) in [5, 5.41) is 5.54. The smallest absolute Gasteiger partial charge is 0.262 e. The maximum Gasteiger partial charge on any atom is 0.262 e. The molecule has 0 atom stereocenters. The van der Waals surface area contributed by atoms with Crippen LogP contribution in [0.1, 0.15) is 24.2 Å². The zero-order valence-electron chi connectivity index (χ0n) is 13.5. The van der Waals surface area contributed by atoms with Gasteiger partial charge in [-0.25, -0.2) is 0 Å². The first kappa shape index (κ1) is 18.0. The highest BCUT2D eigenvalue weighted by Crippen LogP contribution is 2.18. The molecule has 6 heteroatoms. The van der Waals surface area contributed by atoms with Gasteiger partial charge in [-0.3, -0.25) is 9.59 Å². The standard InChI is InChI=1S/C18H19BrN2O3/c1-12(2)20-18(23)15-5-3-4-6-16(15)24-11-17(22)21-14-9-7-13(19)8-10-14/h3-10,12H,11H2,1-2H3,(H,20,23)(H,21,22). The first-order valence-electron chi connectivity index (χ1n) is 7.54. The van der Waals surface area contributed by atoms with Crippen molar-refractivity contribution in [1.29, 1.82) is 0 Å². The van der Waals surface area contributed by atoms with Gasteiger partial charge in [0, 0.05) is 16.2 Å². The van der Waals surface area contributed by atoms with Gasteiger partial charge in [-0.2, -0.15) is 0 Å². The van der Waals surface area contributed by atoms with E-state index in [0.717, 1.165) is 4.47 Å². The van der Waals surface area contributed by atoms with E-state index < -0.39 is 0 Å². The summed E-state index contributed by atoms with van der Waals surface area (Å²) in [5.74, 6) is -0.146. The van der Waals surface area contributed by atoms with Crippen LogP contribution in [0.4, 0.5) is 5.69 Å². The molecule has 0 heterocycles. The Labute approximate surface area is 149 Å². The van der Waals surface area contributed by atoms with Gasteiger partial charge in [0.25, 0.3) is 11.8 Å². The molecule has 0 bridgehead atoms. The van der Waals surface area contributed by atoms with Crippen LogP contribution in [-0.4, -0.2) is 24.5 Å². The number of rotatable bonds is 6. The first-order valence-corrected chi connectivity index (χ1v) is 8.33. The number of anilines is 1. The third kappa shape index (κ3) is 5.38. The van der Waals surface area contributed by atoms with E-state index in [1.165, 1.54) is 0 Å². The molecule has 2 N–H and O–H groups in total. The van der Waals surface area contributed by atoms with Crippen LogP contribution in [0.15, 0.2) is 53.0 Å². The number of nitrogens with one attached hydrogen (secondary N) is 2. The monoisotopic (exact) mass is 390 g/mol. The third-order valence-electron chi connectivity index (χ3n) is 3.04. The van der Waals surface area contributed by atoms with Gasteiger partial charge in [0.05, 0.1) is 5.56 Å². The molecular weight excluding hydrogens is 372 g/mol. The van der Waals surface area contributed by atoms with Crippen LogP contribution in [0.3, 0.4) is 0 Å². The molecular formula is C18H19BrN2O3. The highest BCUT2D eigenvalue weighted by Gasteiger charge is 2.14. The maximum absolute atomic E-state index is 12.1. The van der Waals surface area contributed by atoms with Crippen molar-refractivity contribution < 1.29 is 14.3 Å². The second kappa shape index (κ2) is 8.49. The lowest BCUT2D eigenvalue weighted by molar-refractivity contribution is -0.118. The number of ether oxygens (including phenoxy) is 1. The van der Waals surface area contributed by atoms with Crippen molar-refractivity contribution in [1.82, 2.24) is 5.32 Å². The topological polar surface area (TPSA) is 67.4 Å². The summed E-state index contributed by atoms with van der Waals surface area (Å²) in [6.07, 6.45) is 0. The van der Waals surface area contributed by atoms with Crippen LogP contribution in [0, 0.1) is 0 Å². The van der Waals surface area contributed by atoms with Crippen molar-refractivity contribution in [3.63, 3.8) is 0 Å². The van der Waals surface area contributed by atoms with Crippen LogP contribution in [-0.2, 0) is 4.79 Å². The van der Waals surface area contributed by atoms with Crippen molar-refractivity contribution in [3.8, 4) is 5.75 Å². The lowest BCUT2D eigenvalue weighted by Crippen LogP contribution is -2.30. The zero-order valence-corrected chi connectivity index (χ0v) is 15.1. The number of benzene rings is 2. The van der Waals surface area contributed by atoms with E-state index in [1.54, 1.807) is 36.4 Å². The van der Waals surface area contributed by atoms with Gasteiger partial charge < -0.3 is 15.4 Å². The second-order valence-corrected chi connectivity index (χ2v) is 6.38. The van der Waals surface area contributed by atoms with Crippen molar-refractivity contribution >= 4 is 33.4 Å². The fraction of sp³-hybridized carbons (Fsp3) is 0.222. The zero-order chi connectivity index (χ0) is 17.5. The van der Waals surface area contributed by atoms with E-state index in [1.807, 2.05) is 26.0 Å². The molecule has 0 radical (unpaired) electrons. The van der Waals surface area contributed by atoms with Crippen molar-refractivity contribution in [2.45, 2.75) is 19.9 Å². The average Bonchev–Trinajstić information content (AvgIpc) is 2.55. The maximum atomic E-state index is 12.1. The van der Waals surface area contributed by atoms with E-state index in [4.69, 9.17) is 4.74 Å². The first-order chi connectivity index (χ1) is 11.5. The Balaban J connectivity index is 1.97. The normalized spacial score (nSPS) is 10.3. The molecule has 2 rings (SSSR count). The van der Waals surface area contributed by atoms with Gasteiger partial charge in [0.15, 0.2) is 6.61 Å². The molecule has 0 saturated heterocycles. The summed E-state index contributed by atoms with van der Waals surface area (Å²) in [6, 6.07) is 14.1. The van der Waals surface area contributed by atoms with Crippen LogP contribution >= 0.6 is 15.9 Å². The Morgan fingerprint density at radius 1 is 1.08 bits per heavy atom. The number of hydrogen-bond donors (Lipinski definition) is 2. The van der Waals surface area contributed by atoms with Crippen LogP contribution < -0.4 is 15.4 Å². The molecule has 24 heavy (non-hydrogen) atoms. The fourth-order valence-electron chi connectivity index (χ4n) is 1.99. The summed E-state index contributed by atoms with van der Waals surface area (Å²) in [4.78, 5) is 24.1. The predicted octanol–water partition coefficient (Wildman–Crippen LogP) is 3.60. The molecule has 0 aliphatic carbocycles. The molecule has 0 unspecified atom stereocenters. The minimum atomic E-state index is -0.295. The minimum Gasteiger partial charge on any atom is -0.483 e. The van der Waals surface area contributed by atoms with Crippen molar-refractivity contribution in [2.75, 3.05) is 11.9 Å². The number of halogens is 1. The van der Waals surface area contributed by atoms with Gasteiger partial charge in [0.2, 0.25) is 0 Å². The molecule has 2 aromatic carbocycles. The van der Waals surface area contributed by atoms with Crippen LogP contribution in [0.25, 0.3) is 0 Å². The van der Waals surface area contributed by atoms with Gasteiger partial charge >= 0.3 is 0 Å². The summed E-state index contributed by atoms with van der Waals surface area (Å²) in [6.45, 7) is 3.59. The number of amides is 2. The highest BCUT2D eigenvalue weighted by molar-refractivity contribution is 9.10. The fourth-order valence-corrected chi connectivity index (χ4v) is 2.26. The Morgan fingerprint density at radius 2 is 1.75 bits per heavy atom.